The van der Waals surface area contributed by atoms with Crippen LogP contribution in [-0.2, 0) is 0 Å². The van der Waals surface area contributed by atoms with Crippen LogP contribution in [0.15, 0.2) is 16.6 Å². The summed E-state index contributed by atoms with van der Waals surface area (Å²) in [5, 5.41) is 3.44. The molecule has 15 heavy (non-hydrogen) atoms. The van der Waals surface area contributed by atoms with E-state index in [1.165, 1.54) is 18.9 Å². The first-order chi connectivity index (χ1) is 7.18. The maximum atomic E-state index is 13.3. The average molecular weight is 272 g/mol. The molecule has 2 rings (SSSR count). The summed E-state index contributed by atoms with van der Waals surface area (Å²) in [5.74, 6) is -0.158. The molecule has 1 saturated heterocycles. The Bertz CT molecular complexity index is 359. The summed E-state index contributed by atoms with van der Waals surface area (Å²) in [4.78, 5) is 0. The Hall–Kier alpha value is -0.410. The molecule has 1 N–H and O–H groups in total. The summed E-state index contributed by atoms with van der Waals surface area (Å²) < 4.78 is 14.2. The first kappa shape index (κ1) is 11.1. The third-order valence-corrected chi connectivity index (χ3v) is 3.86. The topological polar surface area (TPSA) is 12.0 Å². The lowest BCUT2D eigenvalue weighted by molar-refractivity contribution is 0.409. The van der Waals surface area contributed by atoms with Crippen LogP contribution in [0.3, 0.4) is 0 Å². The normalized spacial score (nSPS) is 21.7. The highest BCUT2D eigenvalue weighted by Gasteiger charge is 2.18. The lowest BCUT2D eigenvalue weighted by atomic mass is 9.94. The number of piperidine rings is 1. The molecule has 1 atom stereocenters. The zero-order valence-corrected chi connectivity index (χ0v) is 10.4. The van der Waals surface area contributed by atoms with Gasteiger partial charge in [-0.15, -0.1) is 0 Å². The maximum absolute atomic E-state index is 13.3. The van der Waals surface area contributed by atoms with Gasteiger partial charge >= 0.3 is 0 Å². The number of hydrogen-bond acceptors (Lipinski definition) is 1. The predicted molar refractivity (Wildman–Crippen MR) is 63.4 cm³/mol. The molecule has 0 aliphatic carbocycles. The number of rotatable bonds is 1. The van der Waals surface area contributed by atoms with Gasteiger partial charge in [0.05, 0.1) is 0 Å². The largest absolute Gasteiger partial charge is 0.310 e. The van der Waals surface area contributed by atoms with Crippen LogP contribution >= 0.6 is 15.9 Å². The van der Waals surface area contributed by atoms with Crippen LogP contribution in [0.25, 0.3) is 0 Å². The van der Waals surface area contributed by atoms with E-state index in [0.29, 0.717) is 6.04 Å². The minimum absolute atomic E-state index is 0.158. The molecule has 0 saturated carbocycles. The van der Waals surface area contributed by atoms with E-state index in [2.05, 4.69) is 21.2 Å². The summed E-state index contributed by atoms with van der Waals surface area (Å²) in [6, 6.07) is 3.51. The fraction of sp³-hybridized carbons (Fsp3) is 0.500. The second-order valence-electron chi connectivity index (χ2n) is 4.10. The smallest absolute Gasteiger partial charge is 0.124 e. The molecule has 0 bridgehead atoms. The molecule has 82 valence electrons. The predicted octanol–water partition coefficient (Wildman–Crippen LogP) is 3.71. The van der Waals surface area contributed by atoms with E-state index in [1.807, 2.05) is 6.92 Å². The van der Waals surface area contributed by atoms with Crippen LogP contribution in [0, 0.1) is 12.7 Å². The lowest BCUT2D eigenvalue weighted by Crippen LogP contribution is -2.27. The van der Waals surface area contributed by atoms with E-state index in [0.717, 1.165) is 28.6 Å². The maximum Gasteiger partial charge on any atom is 0.124 e. The van der Waals surface area contributed by atoms with Gasteiger partial charge in [0.25, 0.3) is 0 Å². The quantitative estimate of drug-likeness (QED) is 0.821. The summed E-state index contributed by atoms with van der Waals surface area (Å²) in [6.45, 7) is 3.08. The molecule has 1 aromatic rings. The number of hydrogen-bond donors (Lipinski definition) is 1. The highest BCUT2D eigenvalue weighted by atomic mass is 79.9. The van der Waals surface area contributed by atoms with Gasteiger partial charge in [-0.25, -0.2) is 4.39 Å². The Kier molecular flexibility index (Phi) is 3.42. The van der Waals surface area contributed by atoms with E-state index < -0.39 is 0 Å². The summed E-state index contributed by atoms with van der Waals surface area (Å²) in [6.07, 6.45) is 3.56. The Balaban J connectivity index is 2.33. The van der Waals surface area contributed by atoms with Gasteiger partial charge in [-0.05, 0) is 49.6 Å². The van der Waals surface area contributed by atoms with Crippen LogP contribution in [-0.4, -0.2) is 6.54 Å². The lowest BCUT2D eigenvalue weighted by Gasteiger charge is -2.25. The highest BCUT2D eigenvalue weighted by molar-refractivity contribution is 9.10. The molecular weight excluding hydrogens is 257 g/mol. The molecule has 1 nitrogen and oxygen atoms in total. The first-order valence-electron chi connectivity index (χ1n) is 5.37. The molecule has 0 radical (unpaired) electrons. The van der Waals surface area contributed by atoms with E-state index in [9.17, 15) is 4.39 Å². The van der Waals surface area contributed by atoms with Crippen molar-refractivity contribution in [3.8, 4) is 0 Å². The second kappa shape index (κ2) is 4.62. The van der Waals surface area contributed by atoms with Gasteiger partial charge in [-0.1, -0.05) is 22.4 Å². The van der Waals surface area contributed by atoms with Crippen LogP contribution < -0.4 is 5.32 Å². The minimum Gasteiger partial charge on any atom is -0.310 e. The first-order valence-corrected chi connectivity index (χ1v) is 6.16. The van der Waals surface area contributed by atoms with Gasteiger partial charge in [0, 0.05) is 10.5 Å². The number of halogens is 2. The summed E-state index contributed by atoms with van der Waals surface area (Å²) >= 11 is 3.40. The van der Waals surface area contributed by atoms with E-state index in [1.54, 1.807) is 6.07 Å². The Morgan fingerprint density at radius 3 is 2.87 bits per heavy atom. The van der Waals surface area contributed by atoms with Crippen molar-refractivity contribution >= 4 is 15.9 Å². The zero-order chi connectivity index (χ0) is 10.8. The molecule has 1 aliphatic heterocycles. The van der Waals surface area contributed by atoms with Gasteiger partial charge in [-0.3, -0.25) is 0 Å². The van der Waals surface area contributed by atoms with Gasteiger partial charge in [-0.2, -0.15) is 0 Å². The Labute approximate surface area is 98.2 Å². The van der Waals surface area contributed by atoms with Gasteiger partial charge in [0.1, 0.15) is 5.82 Å². The van der Waals surface area contributed by atoms with Gasteiger partial charge in [0.15, 0.2) is 0 Å². The summed E-state index contributed by atoms with van der Waals surface area (Å²) in [5.41, 5.74) is 2.25. The molecule has 0 amide bonds. The van der Waals surface area contributed by atoms with Crippen molar-refractivity contribution in [3.05, 3.63) is 33.5 Å². The minimum atomic E-state index is -0.158. The monoisotopic (exact) mass is 271 g/mol. The number of benzene rings is 1. The third-order valence-electron chi connectivity index (χ3n) is 3.03. The van der Waals surface area contributed by atoms with Crippen molar-refractivity contribution < 1.29 is 4.39 Å². The molecule has 0 aromatic heterocycles. The van der Waals surface area contributed by atoms with Crippen molar-refractivity contribution in [2.24, 2.45) is 0 Å². The molecule has 1 aromatic carbocycles. The van der Waals surface area contributed by atoms with E-state index in [4.69, 9.17) is 0 Å². The molecule has 1 heterocycles. The summed E-state index contributed by atoms with van der Waals surface area (Å²) in [7, 11) is 0. The van der Waals surface area contributed by atoms with E-state index in [-0.39, 0.29) is 5.82 Å². The van der Waals surface area contributed by atoms with Crippen LogP contribution in [0.1, 0.15) is 36.4 Å². The van der Waals surface area contributed by atoms with Crippen molar-refractivity contribution in [1.82, 2.24) is 5.32 Å². The van der Waals surface area contributed by atoms with Crippen LogP contribution in [0.5, 0.6) is 0 Å². The van der Waals surface area contributed by atoms with Crippen molar-refractivity contribution in [2.45, 2.75) is 32.2 Å². The molecule has 3 heteroatoms. The third kappa shape index (κ3) is 2.40. The molecule has 1 fully saturated rings. The molecule has 1 unspecified atom stereocenters. The molecule has 0 spiro atoms. The fourth-order valence-corrected chi connectivity index (χ4v) is 2.59. The van der Waals surface area contributed by atoms with Crippen molar-refractivity contribution in [2.75, 3.05) is 6.54 Å². The van der Waals surface area contributed by atoms with Gasteiger partial charge in [0.2, 0.25) is 0 Å². The van der Waals surface area contributed by atoms with Gasteiger partial charge < -0.3 is 5.32 Å². The Morgan fingerprint density at radius 1 is 1.40 bits per heavy atom. The average Bonchev–Trinajstić information content (AvgIpc) is 2.24. The second-order valence-corrected chi connectivity index (χ2v) is 4.96. The van der Waals surface area contributed by atoms with Crippen molar-refractivity contribution in [1.29, 1.82) is 0 Å². The van der Waals surface area contributed by atoms with Crippen LogP contribution in [0.2, 0.25) is 0 Å². The SMILES string of the molecule is Cc1c(Br)cc(F)cc1C1CCCCN1. The molecular formula is C12H15BrFN. The number of nitrogens with one attached hydrogen (secondary N) is 1. The fourth-order valence-electron chi connectivity index (χ4n) is 2.14. The standard InChI is InChI=1S/C12H15BrFN/c1-8-10(6-9(14)7-11(8)13)12-4-2-3-5-15-12/h6-7,12,15H,2-5H2,1H3. The Morgan fingerprint density at radius 2 is 2.20 bits per heavy atom. The highest BCUT2D eigenvalue weighted by Crippen LogP contribution is 2.30. The van der Waals surface area contributed by atoms with E-state index >= 15 is 0 Å². The zero-order valence-electron chi connectivity index (χ0n) is 8.82. The van der Waals surface area contributed by atoms with Crippen LogP contribution in [0.4, 0.5) is 4.39 Å². The molecule has 1 aliphatic rings. The van der Waals surface area contributed by atoms with Crippen molar-refractivity contribution in [3.63, 3.8) is 0 Å².